The van der Waals surface area contributed by atoms with Gasteiger partial charge in [-0.25, -0.2) is 0 Å². The van der Waals surface area contributed by atoms with Crippen LogP contribution in [0.25, 0.3) is 0 Å². The predicted octanol–water partition coefficient (Wildman–Crippen LogP) is 2.70. The van der Waals surface area contributed by atoms with Gasteiger partial charge in [-0.2, -0.15) is 0 Å². The molecule has 0 saturated carbocycles. The second kappa shape index (κ2) is 8.98. The number of benzene rings is 1. The van der Waals surface area contributed by atoms with Gasteiger partial charge in [0.1, 0.15) is 5.75 Å². The summed E-state index contributed by atoms with van der Waals surface area (Å²) < 4.78 is 5.18. The lowest BCUT2D eigenvalue weighted by molar-refractivity contribution is 0.236. The number of nitrogens with zero attached hydrogens (tertiary/aromatic N) is 1. The maximum atomic E-state index is 5.18. The Morgan fingerprint density at radius 2 is 1.70 bits per heavy atom. The van der Waals surface area contributed by atoms with Gasteiger partial charge in [-0.15, -0.1) is 0 Å². The van der Waals surface area contributed by atoms with E-state index >= 15 is 0 Å². The van der Waals surface area contributed by atoms with Gasteiger partial charge < -0.3 is 15.0 Å². The fourth-order valence-corrected chi connectivity index (χ4v) is 2.75. The summed E-state index contributed by atoms with van der Waals surface area (Å²) in [5.41, 5.74) is 1.42. The van der Waals surface area contributed by atoms with Crippen LogP contribution in [0.15, 0.2) is 24.3 Å². The molecular formula is C17H28N2O. The van der Waals surface area contributed by atoms with Gasteiger partial charge in [0.25, 0.3) is 0 Å². The molecule has 1 heterocycles. The first-order valence-corrected chi connectivity index (χ1v) is 7.94. The van der Waals surface area contributed by atoms with Gasteiger partial charge in [0.15, 0.2) is 0 Å². The van der Waals surface area contributed by atoms with Crippen molar-refractivity contribution in [3.8, 4) is 5.75 Å². The SMILES string of the molecule is COc1ccc(CCCCCCN2CCNCC2)cc1. The summed E-state index contributed by atoms with van der Waals surface area (Å²) in [6.45, 7) is 6.07. The molecule has 1 fully saturated rings. The molecule has 1 aromatic carbocycles. The zero-order chi connectivity index (χ0) is 14.0. The van der Waals surface area contributed by atoms with Crippen LogP contribution >= 0.6 is 0 Å². The second-order valence-corrected chi connectivity index (χ2v) is 5.60. The van der Waals surface area contributed by atoms with Gasteiger partial charge in [0.2, 0.25) is 0 Å². The molecule has 0 aliphatic carbocycles. The van der Waals surface area contributed by atoms with Crippen LogP contribution in [0, 0.1) is 0 Å². The van der Waals surface area contributed by atoms with E-state index in [1.54, 1.807) is 7.11 Å². The topological polar surface area (TPSA) is 24.5 Å². The highest BCUT2D eigenvalue weighted by molar-refractivity contribution is 5.27. The fraction of sp³-hybridized carbons (Fsp3) is 0.647. The quantitative estimate of drug-likeness (QED) is 0.739. The van der Waals surface area contributed by atoms with Crippen molar-refractivity contribution in [3.63, 3.8) is 0 Å². The molecule has 0 amide bonds. The lowest BCUT2D eigenvalue weighted by atomic mass is 10.1. The van der Waals surface area contributed by atoms with E-state index in [-0.39, 0.29) is 0 Å². The van der Waals surface area contributed by atoms with Crippen molar-refractivity contribution in [1.82, 2.24) is 10.2 Å². The van der Waals surface area contributed by atoms with Crippen molar-refractivity contribution in [1.29, 1.82) is 0 Å². The zero-order valence-electron chi connectivity index (χ0n) is 12.7. The van der Waals surface area contributed by atoms with E-state index in [4.69, 9.17) is 4.74 Å². The average Bonchev–Trinajstić information content (AvgIpc) is 2.52. The van der Waals surface area contributed by atoms with Gasteiger partial charge >= 0.3 is 0 Å². The fourth-order valence-electron chi connectivity index (χ4n) is 2.75. The highest BCUT2D eigenvalue weighted by Gasteiger charge is 2.07. The third-order valence-electron chi connectivity index (χ3n) is 4.06. The summed E-state index contributed by atoms with van der Waals surface area (Å²) >= 11 is 0. The van der Waals surface area contributed by atoms with E-state index in [0.717, 1.165) is 18.8 Å². The van der Waals surface area contributed by atoms with Gasteiger partial charge in [0, 0.05) is 26.2 Å². The molecule has 3 heteroatoms. The van der Waals surface area contributed by atoms with E-state index in [1.165, 1.54) is 57.3 Å². The molecule has 20 heavy (non-hydrogen) atoms. The minimum atomic E-state index is 0.949. The highest BCUT2D eigenvalue weighted by atomic mass is 16.5. The lowest BCUT2D eigenvalue weighted by Gasteiger charge is -2.27. The Morgan fingerprint density at radius 3 is 2.40 bits per heavy atom. The van der Waals surface area contributed by atoms with Crippen LogP contribution in [-0.4, -0.2) is 44.7 Å². The van der Waals surface area contributed by atoms with Crippen LogP contribution in [0.2, 0.25) is 0 Å². The van der Waals surface area contributed by atoms with E-state index in [2.05, 4.69) is 34.5 Å². The van der Waals surface area contributed by atoms with E-state index in [9.17, 15) is 0 Å². The summed E-state index contributed by atoms with van der Waals surface area (Å²) in [4.78, 5) is 2.58. The zero-order valence-corrected chi connectivity index (χ0v) is 12.7. The highest BCUT2D eigenvalue weighted by Crippen LogP contribution is 2.14. The largest absolute Gasteiger partial charge is 0.497 e. The summed E-state index contributed by atoms with van der Waals surface area (Å²) in [6.07, 6.45) is 6.55. The number of aryl methyl sites for hydroxylation is 1. The number of nitrogens with one attached hydrogen (secondary N) is 1. The van der Waals surface area contributed by atoms with Gasteiger partial charge in [-0.3, -0.25) is 0 Å². The number of hydrogen-bond acceptors (Lipinski definition) is 3. The molecule has 1 aromatic rings. The second-order valence-electron chi connectivity index (χ2n) is 5.60. The summed E-state index contributed by atoms with van der Waals surface area (Å²) in [6, 6.07) is 8.47. The number of rotatable bonds is 8. The lowest BCUT2D eigenvalue weighted by Crippen LogP contribution is -2.43. The molecule has 2 rings (SSSR count). The monoisotopic (exact) mass is 276 g/mol. The normalized spacial score (nSPS) is 16.2. The molecule has 0 bridgehead atoms. The Hall–Kier alpha value is -1.06. The average molecular weight is 276 g/mol. The molecule has 0 spiro atoms. The molecule has 0 unspecified atom stereocenters. The van der Waals surface area contributed by atoms with Crippen molar-refractivity contribution >= 4 is 0 Å². The summed E-state index contributed by atoms with van der Waals surface area (Å²) in [5.74, 6) is 0.949. The van der Waals surface area contributed by atoms with Crippen LogP contribution in [0.1, 0.15) is 31.2 Å². The minimum absolute atomic E-state index is 0.949. The maximum Gasteiger partial charge on any atom is 0.118 e. The van der Waals surface area contributed by atoms with Crippen LogP contribution in [0.3, 0.4) is 0 Å². The third-order valence-corrected chi connectivity index (χ3v) is 4.06. The van der Waals surface area contributed by atoms with Crippen LogP contribution in [-0.2, 0) is 6.42 Å². The Kier molecular flexibility index (Phi) is 6.89. The number of ether oxygens (including phenoxy) is 1. The molecule has 0 aromatic heterocycles. The maximum absolute atomic E-state index is 5.18. The molecule has 0 radical (unpaired) electrons. The van der Waals surface area contributed by atoms with Crippen molar-refractivity contribution in [2.75, 3.05) is 39.8 Å². The van der Waals surface area contributed by atoms with E-state index in [0.29, 0.717) is 0 Å². The number of hydrogen-bond donors (Lipinski definition) is 1. The Labute approximate surface area is 123 Å². The molecule has 1 aliphatic heterocycles. The van der Waals surface area contributed by atoms with Crippen LogP contribution < -0.4 is 10.1 Å². The molecule has 1 saturated heterocycles. The smallest absolute Gasteiger partial charge is 0.118 e. The van der Waals surface area contributed by atoms with Crippen molar-refractivity contribution in [2.45, 2.75) is 32.1 Å². The van der Waals surface area contributed by atoms with Gasteiger partial charge in [0.05, 0.1) is 7.11 Å². The molecule has 0 atom stereocenters. The van der Waals surface area contributed by atoms with Crippen LogP contribution in [0.4, 0.5) is 0 Å². The third kappa shape index (κ3) is 5.51. The predicted molar refractivity (Wildman–Crippen MR) is 84.5 cm³/mol. The molecular weight excluding hydrogens is 248 g/mol. The summed E-state index contributed by atoms with van der Waals surface area (Å²) in [7, 11) is 1.72. The first-order valence-electron chi connectivity index (χ1n) is 7.94. The standard InChI is InChI=1S/C17H28N2O/c1-20-17-9-7-16(8-10-17)6-4-2-3-5-13-19-14-11-18-12-15-19/h7-10,18H,2-6,11-15H2,1H3. The number of methoxy groups -OCH3 is 1. The Morgan fingerprint density at radius 1 is 1.00 bits per heavy atom. The Bertz CT molecular complexity index is 358. The molecule has 1 N–H and O–H groups in total. The molecule has 1 aliphatic rings. The van der Waals surface area contributed by atoms with Crippen molar-refractivity contribution in [2.24, 2.45) is 0 Å². The van der Waals surface area contributed by atoms with Crippen LogP contribution in [0.5, 0.6) is 5.75 Å². The molecule has 3 nitrogen and oxygen atoms in total. The van der Waals surface area contributed by atoms with E-state index in [1.807, 2.05) is 0 Å². The first kappa shape index (κ1) is 15.3. The van der Waals surface area contributed by atoms with Gasteiger partial charge in [-0.05, 0) is 43.5 Å². The van der Waals surface area contributed by atoms with Crippen molar-refractivity contribution < 1.29 is 4.74 Å². The Balaban J connectivity index is 1.50. The van der Waals surface area contributed by atoms with Crippen molar-refractivity contribution in [3.05, 3.63) is 29.8 Å². The van der Waals surface area contributed by atoms with E-state index < -0.39 is 0 Å². The van der Waals surface area contributed by atoms with Gasteiger partial charge in [-0.1, -0.05) is 25.0 Å². The minimum Gasteiger partial charge on any atom is -0.497 e. The number of unbranched alkanes of at least 4 members (excludes halogenated alkanes) is 3. The first-order chi connectivity index (χ1) is 9.88. The summed E-state index contributed by atoms with van der Waals surface area (Å²) in [5, 5.41) is 3.40. The molecule has 112 valence electrons. The number of piperazine rings is 1.